The molecular weight excluding hydrogens is 268 g/mol. The molecule has 1 aromatic rings. The van der Waals surface area contributed by atoms with Crippen molar-refractivity contribution in [1.29, 1.82) is 10.5 Å². The molecule has 1 aliphatic carbocycles. The molecule has 0 atom stereocenters. The first-order chi connectivity index (χ1) is 10.1. The third-order valence-corrected chi connectivity index (χ3v) is 3.69. The van der Waals surface area contributed by atoms with Crippen LogP contribution in [0.15, 0.2) is 24.3 Å². The van der Waals surface area contributed by atoms with Crippen LogP contribution >= 0.6 is 0 Å². The molecule has 5 heteroatoms. The number of esters is 2. The topological polar surface area (TPSA) is 90.9 Å². The Morgan fingerprint density at radius 1 is 1.05 bits per heavy atom. The average Bonchev–Trinajstić information content (AvgIpc) is 2.55. The van der Waals surface area contributed by atoms with Gasteiger partial charge in [-0.1, -0.05) is 0 Å². The maximum absolute atomic E-state index is 11.9. The fourth-order valence-electron chi connectivity index (χ4n) is 2.37. The SMILES string of the molecule is N#Cc1ccc(C(=O)OC(=O)C2CCC(C#N)CC2)cc1. The highest BCUT2D eigenvalue weighted by Gasteiger charge is 2.28. The number of benzene rings is 1. The zero-order valence-electron chi connectivity index (χ0n) is 11.4. The van der Waals surface area contributed by atoms with Crippen LogP contribution in [0.4, 0.5) is 0 Å². The Morgan fingerprint density at radius 3 is 2.19 bits per heavy atom. The molecule has 1 aromatic carbocycles. The predicted octanol–water partition coefficient (Wildman–Crippen LogP) is 2.57. The molecule has 1 saturated carbocycles. The number of hydrogen-bond acceptors (Lipinski definition) is 5. The van der Waals surface area contributed by atoms with Crippen LogP contribution in [0, 0.1) is 34.5 Å². The fourth-order valence-corrected chi connectivity index (χ4v) is 2.37. The Balaban J connectivity index is 1.92. The largest absolute Gasteiger partial charge is 0.389 e. The van der Waals surface area contributed by atoms with Crippen molar-refractivity contribution < 1.29 is 14.3 Å². The number of carbonyl (C=O) groups is 2. The van der Waals surface area contributed by atoms with E-state index in [2.05, 4.69) is 6.07 Å². The summed E-state index contributed by atoms with van der Waals surface area (Å²) in [5.41, 5.74) is 0.681. The molecule has 0 heterocycles. The van der Waals surface area contributed by atoms with Crippen molar-refractivity contribution in [2.75, 3.05) is 0 Å². The van der Waals surface area contributed by atoms with Gasteiger partial charge in [-0.05, 0) is 49.9 Å². The Labute approximate surface area is 122 Å². The summed E-state index contributed by atoms with van der Waals surface area (Å²) in [6, 6.07) is 10.1. The summed E-state index contributed by atoms with van der Waals surface area (Å²) >= 11 is 0. The van der Waals surface area contributed by atoms with Gasteiger partial charge in [0, 0.05) is 5.92 Å². The molecule has 21 heavy (non-hydrogen) atoms. The van der Waals surface area contributed by atoms with Crippen LogP contribution < -0.4 is 0 Å². The van der Waals surface area contributed by atoms with Crippen molar-refractivity contribution in [3.05, 3.63) is 35.4 Å². The van der Waals surface area contributed by atoms with Crippen LogP contribution in [-0.4, -0.2) is 11.9 Å². The van der Waals surface area contributed by atoms with Crippen LogP contribution in [0.3, 0.4) is 0 Å². The molecule has 5 nitrogen and oxygen atoms in total. The third kappa shape index (κ3) is 3.67. The van der Waals surface area contributed by atoms with Crippen molar-refractivity contribution in [1.82, 2.24) is 0 Å². The van der Waals surface area contributed by atoms with E-state index in [-0.39, 0.29) is 17.4 Å². The van der Waals surface area contributed by atoms with E-state index in [0.717, 1.165) is 0 Å². The van der Waals surface area contributed by atoms with Crippen molar-refractivity contribution >= 4 is 11.9 Å². The standard InChI is InChI=1S/C16H14N2O3/c17-9-11-1-5-13(6-2-11)15(19)21-16(20)14-7-3-12(10-18)4-8-14/h1-2,5-6,12,14H,3-4,7-8H2. The number of hydrogen-bond donors (Lipinski definition) is 0. The van der Waals surface area contributed by atoms with Gasteiger partial charge in [0.1, 0.15) is 0 Å². The van der Waals surface area contributed by atoms with Crippen LogP contribution in [0.5, 0.6) is 0 Å². The van der Waals surface area contributed by atoms with Gasteiger partial charge in [0.05, 0.1) is 29.2 Å². The molecule has 0 aromatic heterocycles. The molecule has 1 aliphatic rings. The van der Waals surface area contributed by atoms with Gasteiger partial charge in [0.25, 0.3) is 0 Å². The summed E-state index contributed by atoms with van der Waals surface area (Å²) in [4.78, 5) is 23.8. The Kier molecular flexibility index (Phi) is 4.68. The molecular formula is C16H14N2O3. The van der Waals surface area contributed by atoms with E-state index in [1.54, 1.807) is 0 Å². The van der Waals surface area contributed by atoms with Gasteiger partial charge in [-0.3, -0.25) is 4.79 Å². The quantitative estimate of drug-likeness (QED) is 0.614. The van der Waals surface area contributed by atoms with E-state index in [0.29, 0.717) is 31.2 Å². The first kappa shape index (κ1) is 14.7. The number of ether oxygens (including phenoxy) is 1. The summed E-state index contributed by atoms with van der Waals surface area (Å²) in [5, 5.41) is 17.5. The van der Waals surface area contributed by atoms with Gasteiger partial charge >= 0.3 is 11.9 Å². The summed E-state index contributed by atoms with van der Waals surface area (Å²) < 4.78 is 4.87. The van der Waals surface area contributed by atoms with Crippen molar-refractivity contribution in [3.63, 3.8) is 0 Å². The van der Waals surface area contributed by atoms with Gasteiger partial charge in [0.15, 0.2) is 0 Å². The lowest BCUT2D eigenvalue weighted by Crippen LogP contribution is -2.25. The van der Waals surface area contributed by atoms with Crippen molar-refractivity contribution in [2.45, 2.75) is 25.7 Å². The smallest absolute Gasteiger partial charge is 0.345 e. The minimum Gasteiger partial charge on any atom is -0.389 e. The van der Waals surface area contributed by atoms with E-state index in [1.807, 2.05) is 6.07 Å². The summed E-state index contributed by atoms with van der Waals surface area (Å²) in [5.74, 6) is -1.53. The molecule has 106 valence electrons. The molecule has 0 unspecified atom stereocenters. The first-order valence-corrected chi connectivity index (χ1v) is 6.80. The Morgan fingerprint density at radius 2 is 1.67 bits per heavy atom. The summed E-state index contributed by atoms with van der Waals surface area (Å²) in [7, 11) is 0. The zero-order valence-corrected chi connectivity index (χ0v) is 11.4. The maximum Gasteiger partial charge on any atom is 0.345 e. The molecule has 2 rings (SSSR count). The van der Waals surface area contributed by atoms with Gasteiger partial charge in [-0.15, -0.1) is 0 Å². The number of nitriles is 2. The first-order valence-electron chi connectivity index (χ1n) is 6.80. The Hall–Kier alpha value is -2.66. The number of nitrogens with zero attached hydrogens (tertiary/aromatic N) is 2. The second kappa shape index (κ2) is 6.67. The van der Waals surface area contributed by atoms with Crippen molar-refractivity contribution in [3.8, 4) is 12.1 Å². The maximum atomic E-state index is 11.9. The zero-order chi connectivity index (χ0) is 15.2. The molecule has 0 radical (unpaired) electrons. The normalized spacial score (nSPS) is 20.9. The van der Waals surface area contributed by atoms with Gasteiger partial charge < -0.3 is 4.74 Å². The molecule has 0 saturated heterocycles. The van der Waals surface area contributed by atoms with Crippen molar-refractivity contribution in [2.24, 2.45) is 11.8 Å². The van der Waals surface area contributed by atoms with Gasteiger partial charge in [0.2, 0.25) is 0 Å². The summed E-state index contributed by atoms with van der Waals surface area (Å²) in [6.45, 7) is 0. The van der Waals surface area contributed by atoms with Gasteiger partial charge in [-0.25, -0.2) is 4.79 Å². The minimum absolute atomic E-state index is 0.00303. The Bertz CT molecular complexity index is 614. The highest BCUT2D eigenvalue weighted by atomic mass is 16.6. The summed E-state index contributed by atoms with van der Waals surface area (Å²) in [6.07, 6.45) is 2.50. The minimum atomic E-state index is -0.702. The lowest BCUT2D eigenvalue weighted by molar-refractivity contribution is -0.143. The van der Waals surface area contributed by atoms with Crippen LogP contribution in [0.2, 0.25) is 0 Å². The van der Waals surface area contributed by atoms with Crippen LogP contribution in [0.25, 0.3) is 0 Å². The predicted molar refractivity (Wildman–Crippen MR) is 72.6 cm³/mol. The van der Waals surface area contributed by atoms with E-state index in [9.17, 15) is 9.59 Å². The second-order valence-corrected chi connectivity index (χ2v) is 5.08. The van der Waals surface area contributed by atoms with E-state index >= 15 is 0 Å². The van der Waals surface area contributed by atoms with E-state index in [4.69, 9.17) is 15.3 Å². The molecule has 0 aliphatic heterocycles. The highest BCUT2D eigenvalue weighted by molar-refractivity contribution is 5.97. The lowest BCUT2D eigenvalue weighted by atomic mass is 9.83. The van der Waals surface area contributed by atoms with Crippen LogP contribution in [0.1, 0.15) is 41.6 Å². The van der Waals surface area contributed by atoms with Gasteiger partial charge in [-0.2, -0.15) is 10.5 Å². The molecule has 0 bridgehead atoms. The molecule has 0 N–H and O–H groups in total. The average molecular weight is 282 g/mol. The molecule has 0 spiro atoms. The van der Waals surface area contributed by atoms with E-state index < -0.39 is 11.9 Å². The lowest BCUT2D eigenvalue weighted by Gasteiger charge is -2.22. The second-order valence-electron chi connectivity index (χ2n) is 5.08. The monoisotopic (exact) mass is 282 g/mol. The van der Waals surface area contributed by atoms with Crippen LogP contribution in [-0.2, 0) is 9.53 Å². The third-order valence-electron chi connectivity index (χ3n) is 3.69. The molecule has 1 fully saturated rings. The highest BCUT2D eigenvalue weighted by Crippen LogP contribution is 2.29. The van der Waals surface area contributed by atoms with E-state index in [1.165, 1.54) is 24.3 Å². The number of rotatable bonds is 2. The molecule has 0 amide bonds. The number of carbonyl (C=O) groups excluding carboxylic acids is 2. The fraction of sp³-hybridized carbons (Fsp3) is 0.375.